The van der Waals surface area contributed by atoms with Crippen molar-refractivity contribution in [1.29, 1.82) is 0 Å². The molecule has 7 heteroatoms. The van der Waals surface area contributed by atoms with Gasteiger partial charge in [-0.05, 0) is 37.3 Å². The highest BCUT2D eigenvalue weighted by Gasteiger charge is 2.23. The quantitative estimate of drug-likeness (QED) is 0.548. The van der Waals surface area contributed by atoms with E-state index in [1.54, 1.807) is 6.92 Å². The molecule has 1 aromatic carbocycles. The number of esters is 1. The summed E-state index contributed by atoms with van der Waals surface area (Å²) in [6.07, 6.45) is -2.08. The third-order valence-electron chi connectivity index (χ3n) is 3.27. The predicted molar refractivity (Wildman–Crippen MR) is 78.2 cm³/mol. The molecule has 0 aliphatic rings. The van der Waals surface area contributed by atoms with Crippen LogP contribution in [0.5, 0.6) is 0 Å². The molecule has 118 valence electrons. The van der Waals surface area contributed by atoms with E-state index in [0.29, 0.717) is 0 Å². The molecule has 0 radical (unpaired) electrons. The number of nitrogens with zero attached hydrogens (tertiary/aromatic N) is 1. The minimum atomic E-state index is -2.08. The summed E-state index contributed by atoms with van der Waals surface area (Å²) in [6, 6.07) is 5.98. The highest BCUT2D eigenvalue weighted by atomic mass is 19.1. The number of halogens is 2. The van der Waals surface area contributed by atoms with Gasteiger partial charge in [0.05, 0.1) is 23.1 Å². The molecule has 2 aromatic heterocycles. The number of benzene rings is 1. The first kappa shape index (κ1) is 15.1. The summed E-state index contributed by atoms with van der Waals surface area (Å²) in [5.74, 6) is -1.63. The molecule has 1 unspecified atom stereocenters. The fourth-order valence-electron chi connectivity index (χ4n) is 2.20. The zero-order valence-electron chi connectivity index (χ0n) is 12.0. The number of hydrogen-bond acceptors (Lipinski definition) is 5. The lowest BCUT2D eigenvalue weighted by molar-refractivity contribution is -0.149. The molecule has 0 bridgehead atoms. The van der Waals surface area contributed by atoms with Gasteiger partial charge in [0, 0.05) is 0 Å². The fraction of sp³-hybridized carbons (Fsp3) is 0.188. The minimum Gasteiger partial charge on any atom is -0.464 e. The van der Waals surface area contributed by atoms with Crippen molar-refractivity contribution < 1.29 is 22.7 Å². The molecule has 0 aliphatic heterocycles. The molecule has 0 spiro atoms. The van der Waals surface area contributed by atoms with Gasteiger partial charge >= 0.3 is 5.97 Å². The van der Waals surface area contributed by atoms with Gasteiger partial charge in [-0.25, -0.2) is 18.6 Å². The Balaban J connectivity index is 2.17. The number of aromatic nitrogens is 1. The van der Waals surface area contributed by atoms with Gasteiger partial charge in [-0.1, -0.05) is 0 Å². The van der Waals surface area contributed by atoms with E-state index in [2.05, 4.69) is 9.72 Å². The van der Waals surface area contributed by atoms with Crippen LogP contribution >= 0.6 is 0 Å². The van der Waals surface area contributed by atoms with Crippen LogP contribution in [0.3, 0.4) is 0 Å². The van der Waals surface area contributed by atoms with Crippen LogP contribution in [0.25, 0.3) is 22.1 Å². The Labute approximate surface area is 128 Å². The number of ether oxygens (including phenoxy) is 1. The monoisotopic (exact) mass is 319 g/mol. The van der Waals surface area contributed by atoms with Gasteiger partial charge in [0.15, 0.2) is 0 Å². The molecule has 0 saturated heterocycles. The van der Waals surface area contributed by atoms with Crippen LogP contribution in [0.1, 0.15) is 18.8 Å². The first-order chi connectivity index (χ1) is 11.0. The topological polar surface area (TPSA) is 69.4 Å². The molecule has 3 aromatic rings. The first-order valence-electron chi connectivity index (χ1n) is 6.85. The van der Waals surface area contributed by atoms with E-state index in [1.165, 1.54) is 18.2 Å². The number of fused-ring (bicyclic) bond motifs is 2. The van der Waals surface area contributed by atoms with Gasteiger partial charge in [0.25, 0.3) is 0 Å². The van der Waals surface area contributed by atoms with E-state index >= 15 is 0 Å². The predicted octanol–water partition coefficient (Wildman–Crippen LogP) is 3.05. The van der Waals surface area contributed by atoms with Crippen molar-refractivity contribution in [3.05, 3.63) is 52.1 Å². The molecule has 0 saturated carbocycles. The lowest BCUT2D eigenvalue weighted by atomic mass is 10.1. The van der Waals surface area contributed by atoms with Crippen LogP contribution in [0.15, 0.2) is 39.5 Å². The number of pyridine rings is 1. The molecular formula is C16H11F2NO4. The number of carbonyl (C=O) groups is 1. The summed E-state index contributed by atoms with van der Waals surface area (Å²) in [4.78, 5) is 27.6. The summed E-state index contributed by atoms with van der Waals surface area (Å²) in [6.45, 7) is 1.60. The molecule has 0 aliphatic carbocycles. The lowest BCUT2D eigenvalue weighted by Gasteiger charge is -2.08. The Kier molecular flexibility index (Phi) is 3.77. The van der Waals surface area contributed by atoms with Crippen molar-refractivity contribution in [3.63, 3.8) is 0 Å². The van der Waals surface area contributed by atoms with Gasteiger partial charge in [0.2, 0.25) is 17.3 Å². The molecule has 0 amide bonds. The Morgan fingerprint density at radius 3 is 2.83 bits per heavy atom. The van der Waals surface area contributed by atoms with Crippen LogP contribution in [-0.4, -0.2) is 17.6 Å². The van der Waals surface area contributed by atoms with Crippen LogP contribution in [0.2, 0.25) is 0 Å². The third-order valence-corrected chi connectivity index (χ3v) is 3.27. The molecule has 2 heterocycles. The van der Waals surface area contributed by atoms with E-state index in [9.17, 15) is 18.4 Å². The second-order valence-electron chi connectivity index (χ2n) is 4.78. The zero-order chi connectivity index (χ0) is 16.6. The lowest BCUT2D eigenvalue weighted by Crippen LogP contribution is -2.13. The van der Waals surface area contributed by atoms with Crippen molar-refractivity contribution in [2.45, 2.75) is 13.1 Å². The molecule has 5 nitrogen and oxygen atoms in total. The Bertz CT molecular complexity index is 967. The summed E-state index contributed by atoms with van der Waals surface area (Å²) in [7, 11) is 0. The van der Waals surface area contributed by atoms with Gasteiger partial charge < -0.3 is 9.15 Å². The van der Waals surface area contributed by atoms with E-state index < -0.39 is 23.4 Å². The average Bonchev–Trinajstić information content (AvgIpc) is 2.55. The second-order valence-corrected chi connectivity index (χ2v) is 4.78. The maximum Gasteiger partial charge on any atom is 0.347 e. The highest BCUT2D eigenvalue weighted by Crippen LogP contribution is 2.22. The summed E-state index contributed by atoms with van der Waals surface area (Å²) in [5.41, 5.74) is -0.703. The number of carbonyl (C=O) groups excluding carboxylic acids is 1. The van der Waals surface area contributed by atoms with Crippen molar-refractivity contribution in [2.24, 2.45) is 0 Å². The van der Waals surface area contributed by atoms with E-state index in [0.717, 1.165) is 12.1 Å². The van der Waals surface area contributed by atoms with Crippen molar-refractivity contribution in [2.75, 3.05) is 6.61 Å². The molecular weight excluding hydrogens is 308 g/mol. The van der Waals surface area contributed by atoms with E-state index in [1.807, 2.05) is 0 Å². The number of rotatable bonds is 3. The largest absolute Gasteiger partial charge is 0.464 e. The molecule has 3 rings (SSSR count). The zero-order valence-corrected chi connectivity index (χ0v) is 12.0. The minimum absolute atomic E-state index is 0.0398. The fourth-order valence-corrected chi connectivity index (χ4v) is 2.20. The molecule has 0 fully saturated rings. The van der Waals surface area contributed by atoms with Gasteiger partial charge in [0.1, 0.15) is 11.4 Å². The average molecular weight is 319 g/mol. The van der Waals surface area contributed by atoms with Gasteiger partial charge in [-0.15, -0.1) is 0 Å². The summed E-state index contributed by atoms with van der Waals surface area (Å²) >= 11 is 0. The Morgan fingerprint density at radius 1 is 1.30 bits per heavy atom. The van der Waals surface area contributed by atoms with E-state index in [-0.39, 0.29) is 34.4 Å². The van der Waals surface area contributed by atoms with Gasteiger partial charge in [-0.3, -0.25) is 4.79 Å². The van der Waals surface area contributed by atoms with E-state index in [4.69, 9.17) is 4.42 Å². The highest BCUT2D eigenvalue weighted by molar-refractivity contribution is 5.88. The molecule has 1 atom stereocenters. The van der Waals surface area contributed by atoms with Crippen molar-refractivity contribution >= 4 is 28.0 Å². The third kappa shape index (κ3) is 2.65. The number of alkyl halides is 1. The maximum atomic E-state index is 14.0. The Hall–Kier alpha value is -2.83. The maximum absolute atomic E-state index is 14.0. The SMILES string of the molecule is CCOC(=O)C(F)c1ccc2c(=O)c3cc(F)ccc3oc2n1. The Morgan fingerprint density at radius 2 is 2.09 bits per heavy atom. The number of hydrogen-bond donors (Lipinski definition) is 0. The molecule has 23 heavy (non-hydrogen) atoms. The van der Waals surface area contributed by atoms with Crippen molar-refractivity contribution in [1.82, 2.24) is 4.98 Å². The van der Waals surface area contributed by atoms with Gasteiger partial charge in [-0.2, -0.15) is 0 Å². The smallest absolute Gasteiger partial charge is 0.347 e. The summed E-state index contributed by atoms with van der Waals surface area (Å²) < 4.78 is 37.3. The summed E-state index contributed by atoms with van der Waals surface area (Å²) in [5, 5.41) is 0.136. The first-order valence-corrected chi connectivity index (χ1v) is 6.85. The van der Waals surface area contributed by atoms with Crippen LogP contribution < -0.4 is 5.43 Å². The van der Waals surface area contributed by atoms with Crippen LogP contribution in [-0.2, 0) is 9.53 Å². The second kappa shape index (κ2) is 5.75. The van der Waals surface area contributed by atoms with Crippen LogP contribution in [0, 0.1) is 5.82 Å². The van der Waals surface area contributed by atoms with Crippen molar-refractivity contribution in [3.8, 4) is 0 Å². The molecule has 0 N–H and O–H groups in total. The normalized spacial score (nSPS) is 12.5. The van der Waals surface area contributed by atoms with Crippen LogP contribution in [0.4, 0.5) is 8.78 Å². The standard InChI is InChI=1S/C16H11F2NO4/c1-2-22-16(21)13(18)11-5-4-9-14(20)10-7-8(17)3-6-12(10)23-15(9)19-11/h3-7,13H,2H2,1H3.